The summed E-state index contributed by atoms with van der Waals surface area (Å²) in [5.41, 5.74) is 23.1. The Kier molecular flexibility index (Phi) is 8.47. The van der Waals surface area contributed by atoms with Crippen LogP contribution >= 0.6 is 0 Å². The highest BCUT2D eigenvalue weighted by Crippen LogP contribution is 2.61. The van der Waals surface area contributed by atoms with Gasteiger partial charge < -0.3 is 4.90 Å². The summed E-state index contributed by atoms with van der Waals surface area (Å²) in [6.07, 6.45) is 0. The molecule has 1 heteroatoms. The molecule has 0 unspecified atom stereocenters. The van der Waals surface area contributed by atoms with Crippen molar-refractivity contribution in [2.75, 3.05) is 4.90 Å². The average molecular weight is 788 g/mol. The highest BCUT2D eigenvalue weighted by atomic mass is 15.1. The van der Waals surface area contributed by atoms with E-state index < -0.39 is 5.41 Å². The molecule has 0 fully saturated rings. The molecule has 1 nitrogen and oxygen atoms in total. The second-order valence-electron chi connectivity index (χ2n) is 16.4. The van der Waals surface area contributed by atoms with Crippen LogP contribution in [0.25, 0.3) is 66.8 Å². The van der Waals surface area contributed by atoms with Crippen molar-refractivity contribution in [3.05, 3.63) is 271 Å². The Morgan fingerprint density at radius 1 is 0.210 bits per heavy atom. The van der Waals surface area contributed by atoms with Gasteiger partial charge in [-0.15, -0.1) is 0 Å². The molecule has 10 aromatic carbocycles. The molecule has 0 radical (unpaired) electrons. The van der Waals surface area contributed by atoms with Gasteiger partial charge in [0.15, 0.2) is 0 Å². The molecule has 0 heterocycles. The molecule has 62 heavy (non-hydrogen) atoms. The van der Waals surface area contributed by atoms with Gasteiger partial charge in [-0.1, -0.05) is 206 Å². The molecule has 2 aliphatic rings. The lowest BCUT2D eigenvalue weighted by atomic mass is 9.66. The van der Waals surface area contributed by atoms with Crippen LogP contribution in [0.3, 0.4) is 0 Å². The molecule has 0 amide bonds. The topological polar surface area (TPSA) is 3.24 Å². The minimum absolute atomic E-state index is 0.474. The molecule has 290 valence electrons. The lowest BCUT2D eigenvalue weighted by molar-refractivity contribution is 0.775. The summed E-state index contributed by atoms with van der Waals surface area (Å²) in [5.74, 6) is 0. The normalized spacial score (nSPS) is 12.6. The van der Waals surface area contributed by atoms with Crippen molar-refractivity contribution in [2.24, 2.45) is 0 Å². The third-order valence-corrected chi connectivity index (χ3v) is 13.1. The lowest BCUT2D eigenvalue weighted by Gasteiger charge is -2.35. The number of anilines is 3. The third kappa shape index (κ3) is 5.63. The van der Waals surface area contributed by atoms with E-state index in [4.69, 9.17) is 0 Å². The molecule has 2 aliphatic carbocycles. The number of hydrogen-bond acceptors (Lipinski definition) is 1. The van der Waals surface area contributed by atoms with Gasteiger partial charge in [-0.2, -0.15) is 0 Å². The third-order valence-electron chi connectivity index (χ3n) is 13.1. The van der Waals surface area contributed by atoms with Crippen LogP contribution in [0.15, 0.2) is 249 Å². The number of fused-ring (bicyclic) bond motifs is 12. The zero-order valence-electron chi connectivity index (χ0n) is 34.1. The molecule has 0 bridgehead atoms. The van der Waals surface area contributed by atoms with E-state index in [9.17, 15) is 0 Å². The molecular weight excluding hydrogens is 747 g/mol. The number of hydrogen-bond donors (Lipinski definition) is 0. The fourth-order valence-electron chi connectivity index (χ4n) is 10.3. The van der Waals surface area contributed by atoms with Gasteiger partial charge in [0.25, 0.3) is 0 Å². The van der Waals surface area contributed by atoms with Crippen LogP contribution in [0.2, 0.25) is 0 Å². The highest BCUT2D eigenvalue weighted by molar-refractivity contribution is 5.98. The molecular formula is C61H41N. The van der Waals surface area contributed by atoms with Gasteiger partial charge in [0.1, 0.15) is 0 Å². The van der Waals surface area contributed by atoms with Gasteiger partial charge in [0.05, 0.1) is 5.41 Å². The SMILES string of the molecule is c1ccc(-c2ccc(-c3ccc(N(c4ccccc4)c4ccc(-c5ccc6c(c5)-c5ccccc5C65c6ccccc6-c6ccccc6-c6ccccc65)cc4)cc3)cc2)cc1. The van der Waals surface area contributed by atoms with Crippen molar-refractivity contribution < 1.29 is 0 Å². The average Bonchev–Trinajstić information content (AvgIpc) is 3.59. The van der Waals surface area contributed by atoms with Crippen molar-refractivity contribution in [1.82, 2.24) is 0 Å². The molecule has 0 aromatic heterocycles. The van der Waals surface area contributed by atoms with Crippen LogP contribution in [0.4, 0.5) is 17.1 Å². The first kappa shape index (κ1) is 35.9. The molecule has 0 saturated carbocycles. The first-order valence-corrected chi connectivity index (χ1v) is 21.5. The molecule has 1 spiro atoms. The quantitative estimate of drug-likeness (QED) is 0.162. The summed E-state index contributed by atoms with van der Waals surface area (Å²) in [5, 5.41) is 0. The maximum Gasteiger partial charge on any atom is 0.0725 e. The van der Waals surface area contributed by atoms with Gasteiger partial charge in [-0.3, -0.25) is 0 Å². The number of rotatable bonds is 6. The standard InChI is InChI=1S/C61H41N/c1-3-15-42(16-4-1)43-27-29-44(30-28-43)45-31-36-49(37-32-45)62(48-17-5-2-6-18-48)50-38-33-46(34-39-50)47-35-40-60-56(41-47)55-23-11-14-26-59(55)61(60)57-24-12-9-21-53(57)51-19-7-8-20-52(51)54-22-10-13-25-58(54)61/h1-41H. The summed E-state index contributed by atoms with van der Waals surface area (Å²) in [6, 6.07) is 91.4. The van der Waals surface area contributed by atoms with E-state index in [2.05, 4.69) is 254 Å². The van der Waals surface area contributed by atoms with Crippen LogP contribution in [-0.4, -0.2) is 0 Å². The maximum atomic E-state index is 2.43. The Morgan fingerprint density at radius 3 is 1.00 bits per heavy atom. The van der Waals surface area contributed by atoms with Crippen LogP contribution in [0.5, 0.6) is 0 Å². The Labute approximate surface area is 363 Å². The van der Waals surface area contributed by atoms with Gasteiger partial charge in [0, 0.05) is 17.1 Å². The van der Waals surface area contributed by atoms with E-state index >= 15 is 0 Å². The predicted octanol–water partition coefficient (Wildman–Crippen LogP) is 16.2. The largest absolute Gasteiger partial charge is 0.311 e. The smallest absolute Gasteiger partial charge is 0.0725 e. The summed E-state index contributed by atoms with van der Waals surface area (Å²) in [4.78, 5) is 2.34. The highest BCUT2D eigenvalue weighted by Gasteiger charge is 2.49. The van der Waals surface area contributed by atoms with E-state index in [1.807, 2.05) is 0 Å². The van der Waals surface area contributed by atoms with Crippen molar-refractivity contribution in [2.45, 2.75) is 5.41 Å². The fraction of sp³-hybridized carbons (Fsp3) is 0.0164. The van der Waals surface area contributed by atoms with E-state index in [-0.39, 0.29) is 0 Å². The lowest BCUT2D eigenvalue weighted by Crippen LogP contribution is -2.29. The molecule has 10 aromatic rings. The van der Waals surface area contributed by atoms with E-state index in [0.717, 1.165) is 17.1 Å². The molecule has 0 saturated heterocycles. The molecule has 12 rings (SSSR count). The molecule has 0 atom stereocenters. The Hall–Kier alpha value is -8.00. The van der Waals surface area contributed by atoms with Crippen LogP contribution in [-0.2, 0) is 5.41 Å². The summed E-state index contributed by atoms with van der Waals surface area (Å²) in [6.45, 7) is 0. The maximum absolute atomic E-state index is 2.43. The van der Waals surface area contributed by atoms with Crippen LogP contribution in [0.1, 0.15) is 22.3 Å². The zero-order valence-corrected chi connectivity index (χ0v) is 34.1. The summed E-state index contributed by atoms with van der Waals surface area (Å²) < 4.78 is 0. The van der Waals surface area contributed by atoms with Crippen molar-refractivity contribution >= 4 is 17.1 Å². The van der Waals surface area contributed by atoms with E-state index in [1.165, 1.54) is 89.0 Å². The monoisotopic (exact) mass is 787 g/mol. The molecule has 0 aliphatic heterocycles. The Balaban J connectivity index is 0.928. The molecule has 0 N–H and O–H groups in total. The first-order valence-electron chi connectivity index (χ1n) is 21.5. The number of para-hydroxylation sites is 1. The van der Waals surface area contributed by atoms with Gasteiger partial charge >= 0.3 is 0 Å². The second-order valence-corrected chi connectivity index (χ2v) is 16.4. The minimum Gasteiger partial charge on any atom is -0.311 e. The van der Waals surface area contributed by atoms with Crippen molar-refractivity contribution in [1.29, 1.82) is 0 Å². The van der Waals surface area contributed by atoms with Gasteiger partial charge in [-0.25, -0.2) is 0 Å². The number of benzene rings is 10. The second kappa shape index (κ2) is 14.6. The van der Waals surface area contributed by atoms with E-state index in [0.29, 0.717) is 0 Å². The zero-order chi connectivity index (χ0) is 41.0. The Bertz CT molecular complexity index is 3190. The predicted molar refractivity (Wildman–Crippen MR) is 259 cm³/mol. The summed E-state index contributed by atoms with van der Waals surface area (Å²) in [7, 11) is 0. The minimum atomic E-state index is -0.474. The van der Waals surface area contributed by atoms with Gasteiger partial charge in [0.2, 0.25) is 0 Å². The van der Waals surface area contributed by atoms with Crippen molar-refractivity contribution in [3.63, 3.8) is 0 Å². The fourth-order valence-corrected chi connectivity index (χ4v) is 10.3. The first-order chi connectivity index (χ1) is 30.8. The Morgan fingerprint density at radius 2 is 0.516 bits per heavy atom. The van der Waals surface area contributed by atoms with Crippen LogP contribution < -0.4 is 4.90 Å². The van der Waals surface area contributed by atoms with Gasteiger partial charge in [-0.05, 0) is 131 Å². The van der Waals surface area contributed by atoms with E-state index in [1.54, 1.807) is 0 Å². The number of nitrogens with zero attached hydrogens (tertiary/aromatic N) is 1. The summed E-state index contributed by atoms with van der Waals surface area (Å²) >= 11 is 0. The van der Waals surface area contributed by atoms with Crippen molar-refractivity contribution in [3.8, 4) is 66.8 Å². The van der Waals surface area contributed by atoms with Crippen LogP contribution in [0, 0.1) is 0 Å².